The molecule has 1 heterocycles. The van der Waals surface area contributed by atoms with E-state index in [-0.39, 0.29) is 18.9 Å². The molecule has 0 bridgehead atoms. The molecule has 1 atom stereocenters. The third-order valence-corrected chi connectivity index (χ3v) is 4.27. The third kappa shape index (κ3) is 4.24. The molecule has 1 fully saturated rings. The van der Waals surface area contributed by atoms with Gasteiger partial charge in [0.25, 0.3) is 0 Å². The molecule has 1 saturated heterocycles. The Balaban J connectivity index is 1.93. The van der Waals surface area contributed by atoms with E-state index in [2.05, 4.69) is 4.72 Å². The highest BCUT2D eigenvalue weighted by molar-refractivity contribution is 7.88. The molecule has 0 saturated carbocycles. The van der Waals surface area contributed by atoms with Gasteiger partial charge in [-0.05, 0) is 17.7 Å². The number of hydrogen-bond acceptors (Lipinski definition) is 4. The molecule has 0 aromatic heterocycles. The third-order valence-electron chi connectivity index (χ3n) is 2.97. The standard InChI is InChI=1S/C12H16FNO4S/c13-11-3-1-10(2-4-11)7-19(16,17)14-8-12(15)5-6-18-9-12/h1-4,14-15H,5-9H2. The zero-order chi connectivity index (χ0) is 13.9. The van der Waals surface area contributed by atoms with Crippen molar-refractivity contribution in [1.29, 1.82) is 0 Å². The molecule has 0 amide bonds. The summed E-state index contributed by atoms with van der Waals surface area (Å²) in [6.07, 6.45) is 0.409. The first-order chi connectivity index (χ1) is 8.89. The van der Waals surface area contributed by atoms with Gasteiger partial charge in [0.1, 0.15) is 11.4 Å². The number of rotatable bonds is 5. The van der Waals surface area contributed by atoms with Gasteiger partial charge in [-0.15, -0.1) is 0 Å². The first-order valence-electron chi connectivity index (χ1n) is 5.91. The van der Waals surface area contributed by atoms with Crippen LogP contribution in [0.5, 0.6) is 0 Å². The Bertz CT molecular complexity index is 523. The maximum atomic E-state index is 12.7. The SMILES string of the molecule is O=S(=O)(Cc1ccc(F)cc1)NCC1(O)CCOC1. The van der Waals surface area contributed by atoms with E-state index in [0.29, 0.717) is 18.6 Å². The quantitative estimate of drug-likeness (QED) is 0.822. The van der Waals surface area contributed by atoms with Crippen LogP contribution in [0.2, 0.25) is 0 Å². The minimum absolute atomic E-state index is 0.0729. The molecule has 0 spiro atoms. The molecule has 2 N–H and O–H groups in total. The van der Waals surface area contributed by atoms with Gasteiger partial charge in [0, 0.05) is 19.6 Å². The van der Waals surface area contributed by atoms with Gasteiger partial charge >= 0.3 is 0 Å². The lowest BCUT2D eigenvalue weighted by Gasteiger charge is -2.20. The summed E-state index contributed by atoms with van der Waals surface area (Å²) >= 11 is 0. The van der Waals surface area contributed by atoms with Crippen molar-refractivity contribution in [2.24, 2.45) is 0 Å². The Labute approximate surface area is 111 Å². The molecule has 1 aliphatic rings. The molecular weight excluding hydrogens is 273 g/mol. The van der Waals surface area contributed by atoms with Gasteiger partial charge in [-0.25, -0.2) is 17.5 Å². The fourth-order valence-electron chi connectivity index (χ4n) is 1.83. The van der Waals surface area contributed by atoms with Gasteiger partial charge in [0.2, 0.25) is 10.0 Å². The summed E-state index contributed by atoms with van der Waals surface area (Å²) < 4.78 is 43.7. The summed E-state index contributed by atoms with van der Waals surface area (Å²) in [5, 5.41) is 9.96. The van der Waals surface area contributed by atoms with Gasteiger partial charge in [0.05, 0.1) is 12.4 Å². The predicted octanol–water partition coefficient (Wildman–Crippen LogP) is 0.397. The molecule has 106 valence electrons. The van der Waals surface area contributed by atoms with E-state index >= 15 is 0 Å². The zero-order valence-electron chi connectivity index (χ0n) is 10.3. The summed E-state index contributed by atoms with van der Waals surface area (Å²) in [5.74, 6) is -0.656. The van der Waals surface area contributed by atoms with Crippen LogP contribution in [0.1, 0.15) is 12.0 Å². The van der Waals surface area contributed by atoms with E-state index in [1.54, 1.807) is 0 Å². The Hall–Kier alpha value is -1.02. The lowest BCUT2D eigenvalue weighted by atomic mass is 10.1. The number of sulfonamides is 1. The molecule has 19 heavy (non-hydrogen) atoms. The van der Waals surface area contributed by atoms with Crippen molar-refractivity contribution >= 4 is 10.0 Å². The fourth-order valence-corrected chi connectivity index (χ4v) is 3.05. The van der Waals surface area contributed by atoms with Crippen molar-refractivity contribution < 1.29 is 22.7 Å². The van der Waals surface area contributed by atoms with E-state index < -0.39 is 21.4 Å². The van der Waals surface area contributed by atoms with E-state index in [0.717, 1.165) is 0 Å². The summed E-state index contributed by atoms with van der Waals surface area (Å²) in [6.45, 7) is 0.485. The number of benzene rings is 1. The first kappa shape index (κ1) is 14.4. The summed E-state index contributed by atoms with van der Waals surface area (Å²) in [7, 11) is -3.56. The highest BCUT2D eigenvalue weighted by Gasteiger charge is 2.33. The van der Waals surface area contributed by atoms with Crippen LogP contribution in [0.15, 0.2) is 24.3 Å². The van der Waals surface area contributed by atoms with Crippen molar-refractivity contribution in [2.75, 3.05) is 19.8 Å². The molecule has 1 unspecified atom stereocenters. The summed E-state index contributed by atoms with van der Waals surface area (Å²) in [6, 6.07) is 5.26. The van der Waals surface area contributed by atoms with Crippen LogP contribution in [-0.4, -0.2) is 38.9 Å². The molecule has 2 rings (SSSR count). The van der Waals surface area contributed by atoms with Crippen LogP contribution in [-0.2, 0) is 20.5 Å². The zero-order valence-corrected chi connectivity index (χ0v) is 11.1. The predicted molar refractivity (Wildman–Crippen MR) is 67.4 cm³/mol. The van der Waals surface area contributed by atoms with Crippen LogP contribution in [0.3, 0.4) is 0 Å². The molecule has 5 nitrogen and oxygen atoms in total. The molecule has 0 radical (unpaired) electrons. The average molecular weight is 289 g/mol. The van der Waals surface area contributed by atoms with Gasteiger partial charge in [-0.3, -0.25) is 0 Å². The van der Waals surface area contributed by atoms with Crippen molar-refractivity contribution in [3.63, 3.8) is 0 Å². The largest absolute Gasteiger partial charge is 0.386 e. The van der Waals surface area contributed by atoms with Gasteiger partial charge in [0.15, 0.2) is 0 Å². The molecule has 7 heteroatoms. The highest BCUT2D eigenvalue weighted by Crippen LogP contribution is 2.17. The molecule has 0 aliphatic carbocycles. The van der Waals surface area contributed by atoms with Gasteiger partial charge in [-0.2, -0.15) is 0 Å². The number of hydrogen-bond donors (Lipinski definition) is 2. The van der Waals surface area contributed by atoms with Gasteiger partial charge < -0.3 is 9.84 Å². The lowest BCUT2D eigenvalue weighted by molar-refractivity contribution is 0.0314. The van der Waals surface area contributed by atoms with E-state index in [1.165, 1.54) is 24.3 Å². The second-order valence-corrected chi connectivity index (χ2v) is 6.54. The minimum atomic E-state index is -3.56. The van der Waals surface area contributed by atoms with E-state index in [9.17, 15) is 17.9 Å². The van der Waals surface area contributed by atoms with Gasteiger partial charge in [-0.1, -0.05) is 12.1 Å². The average Bonchev–Trinajstić information content (AvgIpc) is 2.78. The van der Waals surface area contributed by atoms with E-state index in [1.807, 2.05) is 0 Å². The fraction of sp³-hybridized carbons (Fsp3) is 0.500. The second kappa shape index (κ2) is 5.54. The lowest BCUT2D eigenvalue weighted by Crippen LogP contribution is -2.43. The Morgan fingerprint density at radius 2 is 2.05 bits per heavy atom. The highest BCUT2D eigenvalue weighted by atomic mass is 32.2. The topological polar surface area (TPSA) is 75.6 Å². The van der Waals surface area contributed by atoms with Crippen LogP contribution in [0, 0.1) is 5.82 Å². The number of nitrogens with one attached hydrogen (secondary N) is 1. The number of halogens is 1. The van der Waals surface area contributed by atoms with Crippen molar-refractivity contribution in [3.05, 3.63) is 35.6 Å². The van der Waals surface area contributed by atoms with Crippen LogP contribution < -0.4 is 4.72 Å². The smallest absolute Gasteiger partial charge is 0.215 e. The second-order valence-electron chi connectivity index (χ2n) is 4.73. The first-order valence-corrected chi connectivity index (χ1v) is 7.56. The molecule has 1 aromatic carbocycles. The Kier molecular flexibility index (Phi) is 4.19. The molecular formula is C12H16FNO4S. The Morgan fingerprint density at radius 1 is 1.37 bits per heavy atom. The van der Waals surface area contributed by atoms with Crippen molar-refractivity contribution in [2.45, 2.75) is 17.8 Å². The molecule has 1 aromatic rings. The minimum Gasteiger partial charge on any atom is -0.386 e. The normalized spacial score (nSPS) is 23.7. The monoisotopic (exact) mass is 289 g/mol. The van der Waals surface area contributed by atoms with Crippen LogP contribution in [0.4, 0.5) is 4.39 Å². The maximum absolute atomic E-state index is 12.7. The Morgan fingerprint density at radius 3 is 2.63 bits per heavy atom. The van der Waals surface area contributed by atoms with E-state index in [4.69, 9.17) is 4.74 Å². The maximum Gasteiger partial charge on any atom is 0.215 e. The van der Waals surface area contributed by atoms with Crippen molar-refractivity contribution in [3.8, 4) is 0 Å². The van der Waals surface area contributed by atoms with Crippen LogP contribution in [0.25, 0.3) is 0 Å². The summed E-state index contributed by atoms with van der Waals surface area (Å²) in [5.41, 5.74) is -0.640. The number of aliphatic hydroxyl groups is 1. The number of ether oxygens (including phenoxy) is 1. The summed E-state index contributed by atoms with van der Waals surface area (Å²) in [4.78, 5) is 0. The van der Waals surface area contributed by atoms with Crippen LogP contribution >= 0.6 is 0 Å². The molecule has 1 aliphatic heterocycles. The van der Waals surface area contributed by atoms with Crippen molar-refractivity contribution in [1.82, 2.24) is 4.72 Å².